The molecule has 112 valence electrons. The monoisotopic (exact) mass is 276 g/mol. The summed E-state index contributed by atoms with van der Waals surface area (Å²) in [6.45, 7) is 8.16. The van der Waals surface area contributed by atoms with Gasteiger partial charge < -0.3 is 5.32 Å². The Balaban J connectivity index is 1.58. The van der Waals surface area contributed by atoms with Gasteiger partial charge in [0.05, 0.1) is 5.69 Å². The number of nitrogens with one attached hydrogen (secondary N) is 1. The van der Waals surface area contributed by atoms with Crippen LogP contribution in [0.15, 0.2) is 6.20 Å². The Kier molecular flexibility index (Phi) is 4.13. The summed E-state index contributed by atoms with van der Waals surface area (Å²) in [5.74, 6) is 0.899. The summed E-state index contributed by atoms with van der Waals surface area (Å²) < 4.78 is 1.94. The first kappa shape index (κ1) is 14.1. The summed E-state index contributed by atoms with van der Waals surface area (Å²) in [7, 11) is 2.02. The van der Waals surface area contributed by atoms with Crippen molar-refractivity contribution in [3.8, 4) is 0 Å². The molecule has 2 aliphatic heterocycles. The highest BCUT2D eigenvalue weighted by atomic mass is 15.3. The number of rotatable bonds is 3. The van der Waals surface area contributed by atoms with Crippen LogP contribution in [0, 0.1) is 12.8 Å². The number of hydrogen-bond acceptors (Lipinski definition) is 3. The van der Waals surface area contributed by atoms with Gasteiger partial charge in [-0.1, -0.05) is 0 Å². The standard InChI is InChI=1S/C16H28N4/c1-12-15(11-19(3)18-12)13(2)20-9-6-14(7-10-20)16-5-4-8-17-16/h11,13-14,16-17H,4-10H2,1-3H3. The van der Waals surface area contributed by atoms with E-state index in [2.05, 4.69) is 35.4 Å². The normalized spacial score (nSPS) is 27.1. The molecular formula is C16H28N4. The highest BCUT2D eigenvalue weighted by Crippen LogP contribution is 2.31. The smallest absolute Gasteiger partial charge is 0.0641 e. The Morgan fingerprint density at radius 1 is 1.30 bits per heavy atom. The van der Waals surface area contributed by atoms with Crippen LogP contribution in [0.25, 0.3) is 0 Å². The van der Waals surface area contributed by atoms with Gasteiger partial charge in [-0.15, -0.1) is 0 Å². The SMILES string of the molecule is Cc1nn(C)cc1C(C)N1CCC(C2CCCN2)CC1. The third kappa shape index (κ3) is 2.77. The van der Waals surface area contributed by atoms with Gasteiger partial charge in [0.15, 0.2) is 0 Å². The average Bonchev–Trinajstić information content (AvgIpc) is 3.08. The predicted molar refractivity (Wildman–Crippen MR) is 81.7 cm³/mol. The Labute approximate surface area is 122 Å². The van der Waals surface area contributed by atoms with Gasteiger partial charge in [0.25, 0.3) is 0 Å². The van der Waals surface area contributed by atoms with E-state index in [0.29, 0.717) is 6.04 Å². The molecule has 0 spiro atoms. The van der Waals surface area contributed by atoms with Crippen molar-refractivity contribution in [2.45, 2.75) is 51.6 Å². The van der Waals surface area contributed by atoms with E-state index in [0.717, 1.165) is 12.0 Å². The molecule has 4 heteroatoms. The zero-order valence-corrected chi connectivity index (χ0v) is 13.1. The largest absolute Gasteiger partial charge is 0.314 e. The molecule has 0 amide bonds. The molecule has 1 aromatic rings. The van der Waals surface area contributed by atoms with Crippen LogP contribution in [0.3, 0.4) is 0 Å². The third-order valence-corrected chi connectivity index (χ3v) is 5.29. The molecule has 0 radical (unpaired) electrons. The van der Waals surface area contributed by atoms with E-state index in [1.807, 2.05) is 11.7 Å². The lowest BCUT2D eigenvalue weighted by Gasteiger charge is -2.38. The Morgan fingerprint density at radius 2 is 2.05 bits per heavy atom. The molecule has 2 saturated heterocycles. The zero-order chi connectivity index (χ0) is 14.1. The highest BCUT2D eigenvalue weighted by Gasteiger charge is 2.30. The van der Waals surface area contributed by atoms with Crippen LogP contribution in [0.4, 0.5) is 0 Å². The minimum absolute atomic E-state index is 0.501. The topological polar surface area (TPSA) is 33.1 Å². The average molecular weight is 276 g/mol. The summed E-state index contributed by atoms with van der Waals surface area (Å²) in [5.41, 5.74) is 2.57. The lowest BCUT2D eigenvalue weighted by atomic mass is 9.87. The fraction of sp³-hybridized carbons (Fsp3) is 0.812. The number of piperidine rings is 1. The quantitative estimate of drug-likeness (QED) is 0.919. The zero-order valence-electron chi connectivity index (χ0n) is 13.1. The Hall–Kier alpha value is -0.870. The first-order chi connectivity index (χ1) is 9.65. The first-order valence-corrected chi connectivity index (χ1v) is 8.12. The maximum atomic E-state index is 4.48. The maximum Gasteiger partial charge on any atom is 0.0641 e. The molecule has 3 rings (SSSR count). The lowest BCUT2D eigenvalue weighted by molar-refractivity contribution is 0.126. The van der Waals surface area contributed by atoms with Crippen molar-refractivity contribution >= 4 is 0 Å². The summed E-state index contributed by atoms with van der Waals surface area (Å²) in [6.07, 6.45) is 7.64. The molecule has 2 unspecified atom stereocenters. The van der Waals surface area contributed by atoms with Crippen molar-refractivity contribution in [1.82, 2.24) is 20.0 Å². The van der Waals surface area contributed by atoms with E-state index < -0.39 is 0 Å². The second kappa shape index (κ2) is 5.86. The van der Waals surface area contributed by atoms with Crippen LogP contribution in [0.2, 0.25) is 0 Å². The van der Waals surface area contributed by atoms with E-state index in [-0.39, 0.29) is 0 Å². The minimum Gasteiger partial charge on any atom is -0.314 e. The van der Waals surface area contributed by atoms with Gasteiger partial charge in [-0.3, -0.25) is 9.58 Å². The Bertz CT molecular complexity index is 439. The number of hydrogen-bond donors (Lipinski definition) is 1. The predicted octanol–water partition coefficient (Wildman–Crippen LogP) is 2.25. The molecule has 0 saturated carbocycles. The summed E-state index contributed by atoms with van der Waals surface area (Å²) in [4.78, 5) is 2.63. The molecule has 2 aliphatic rings. The van der Waals surface area contributed by atoms with Crippen molar-refractivity contribution in [1.29, 1.82) is 0 Å². The molecule has 0 aliphatic carbocycles. The lowest BCUT2D eigenvalue weighted by Crippen LogP contribution is -2.41. The fourth-order valence-corrected chi connectivity index (χ4v) is 4.05. The molecule has 1 N–H and O–H groups in total. The first-order valence-electron chi connectivity index (χ1n) is 8.12. The molecular weight excluding hydrogens is 248 g/mol. The van der Waals surface area contributed by atoms with Gasteiger partial charge >= 0.3 is 0 Å². The summed E-state index contributed by atoms with van der Waals surface area (Å²) in [6, 6.07) is 1.30. The van der Waals surface area contributed by atoms with Crippen molar-refractivity contribution in [3.05, 3.63) is 17.5 Å². The third-order valence-electron chi connectivity index (χ3n) is 5.29. The van der Waals surface area contributed by atoms with Crippen molar-refractivity contribution < 1.29 is 0 Å². The van der Waals surface area contributed by atoms with E-state index in [1.165, 1.54) is 56.6 Å². The minimum atomic E-state index is 0.501. The van der Waals surface area contributed by atoms with E-state index in [9.17, 15) is 0 Å². The van der Waals surface area contributed by atoms with Crippen LogP contribution in [0.1, 0.15) is 49.9 Å². The Morgan fingerprint density at radius 3 is 2.60 bits per heavy atom. The van der Waals surface area contributed by atoms with Gasteiger partial charge in [0.2, 0.25) is 0 Å². The molecule has 1 aromatic heterocycles. The molecule has 0 bridgehead atoms. The second-order valence-corrected chi connectivity index (χ2v) is 6.60. The number of likely N-dealkylation sites (tertiary alicyclic amines) is 1. The van der Waals surface area contributed by atoms with Crippen LogP contribution >= 0.6 is 0 Å². The van der Waals surface area contributed by atoms with Crippen LogP contribution in [0.5, 0.6) is 0 Å². The van der Waals surface area contributed by atoms with E-state index in [4.69, 9.17) is 0 Å². The van der Waals surface area contributed by atoms with E-state index >= 15 is 0 Å². The molecule has 2 atom stereocenters. The van der Waals surface area contributed by atoms with Crippen molar-refractivity contribution in [3.63, 3.8) is 0 Å². The molecule has 4 nitrogen and oxygen atoms in total. The van der Waals surface area contributed by atoms with Gasteiger partial charge in [0, 0.05) is 30.9 Å². The molecule has 2 fully saturated rings. The van der Waals surface area contributed by atoms with Crippen LogP contribution in [-0.2, 0) is 7.05 Å². The van der Waals surface area contributed by atoms with Gasteiger partial charge in [-0.05, 0) is 65.1 Å². The molecule has 0 aromatic carbocycles. The second-order valence-electron chi connectivity index (χ2n) is 6.60. The highest BCUT2D eigenvalue weighted by molar-refractivity contribution is 5.19. The van der Waals surface area contributed by atoms with E-state index in [1.54, 1.807) is 0 Å². The summed E-state index contributed by atoms with van der Waals surface area (Å²) in [5, 5.41) is 8.17. The number of nitrogens with zero attached hydrogens (tertiary/aromatic N) is 3. The van der Waals surface area contributed by atoms with Gasteiger partial charge in [-0.25, -0.2) is 0 Å². The van der Waals surface area contributed by atoms with Crippen molar-refractivity contribution in [2.24, 2.45) is 13.0 Å². The number of aryl methyl sites for hydroxylation is 2. The molecule has 20 heavy (non-hydrogen) atoms. The van der Waals surface area contributed by atoms with Crippen LogP contribution in [-0.4, -0.2) is 40.4 Å². The summed E-state index contributed by atoms with van der Waals surface area (Å²) >= 11 is 0. The molecule has 3 heterocycles. The van der Waals surface area contributed by atoms with Crippen molar-refractivity contribution in [2.75, 3.05) is 19.6 Å². The van der Waals surface area contributed by atoms with Gasteiger partial charge in [-0.2, -0.15) is 5.10 Å². The van der Waals surface area contributed by atoms with Crippen LogP contribution < -0.4 is 5.32 Å². The fourth-order valence-electron chi connectivity index (χ4n) is 4.05. The number of aromatic nitrogens is 2. The van der Waals surface area contributed by atoms with Gasteiger partial charge in [0.1, 0.15) is 0 Å². The maximum absolute atomic E-state index is 4.48.